The summed E-state index contributed by atoms with van der Waals surface area (Å²) in [6.07, 6.45) is 5.07. The van der Waals surface area contributed by atoms with Crippen LogP contribution in [-0.4, -0.2) is 50.2 Å². The number of ether oxygens (including phenoxy) is 1. The average Bonchev–Trinajstić information content (AvgIpc) is 3.41. The molecule has 6 nitrogen and oxygen atoms in total. The van der Waals surface area contributed by atoms with E-state index in [-0.39, 0.29) is 0 Å². The minimum atomic E-state index is 0.582. The van der Waals surface area contributed by atoms with Crippen molar-refractivity contribution in [2.75, 3.05) is 33.3 Å². The molecule has 0 amide bonds. The van der Waals surface area contributed by atoms with Crippen LogP contribution in [-0.2, 0) is 13.0 Å². The molecular weight excluding hydrogens is 352 g/mol. The van der Waals surface area contributed by atoms with Crippen molar-refractivity contribution in [2.24, 2.45) is 4.99 Å². The fourth-order valence-corrected chi connectivity index (χ4v) is 3.63. The molecule has 152 valence electrons. The van der Waals surface area contributed by atoms with Crippen LogP contribution in [0.3, 0.4) is 0 Å². The second-order valence-corrected chi connectivity index (χ2v) is 7.08. The van der Waals surface area contributed by atoms with Crippen molar-refractivity contribution in [3.05, 3.63) is 54.0 Å². The van der Waals surface area contributed by atoms with Crippen molar-refractivity contribution in [3.63, 3.8) is 0 Å². The fraction of sp³-hybridized carbons (Fsp3) is 0.500. The number of aliphatic imine (C=N–C) groups is 1. The number of rotatable bonds is 9. The lowest BCUT2D eigenvalue weighted by molar-refractivity contribution is 0.267. The van der Waals surface area contributed by atoms with Gasteiger partial charge in [-0.1, -0.05) is 19.1 Å². The Morgan fingerprint density at radius 1 is 1.29 bits per heavy atom. The third-order valence-corrected chi connectivity index (χ3v) is 5.21. The van der Waals surface area contributed by atoms with Gasteiger partial charge in [0.05, 0.1) is 19.9 Å². The predicted molar refractivity (Wildman–Crippen MR) is 113 cm³/mol. The first-order valence-corrected chi connectivity index (χ1v) is 10.2. The molecule has 1 saturated heterocycles. The van der Waals surface area contributed by atoms with Crippen LogP contribution in [0.2, 0.25) is 0 Å². The highest BCUT2D eigenvalue weighted by Crippen LogP contribution is 2.16. The van der Waals surface area contributed by atoms with E-state index < -0.39 is 0 Å². The zero-order chi connectivity index (χ0) is 19.6. The summed E-state index contributed by atoms with van der Waals surface area (Å²) in [6, 6.07) is 12.6. The van der Waals surface area contributed by atoms with E-state index in [0.717, 1.165) is 49.1 Å². The summed E-state index contributed by atoms with van der Waals surface area (Å²) >= 11 is 0. The molecule has 0 aliphatic carbocycles. The van der Waals surface area contributed by atoms with Crippen molar-refractivity contribution >= 4 is 5.96 Å². The molecule has 28 heavy (non-hydrogen) atoms. The zero-order valence-electron chi connectivity index (χ0n) is 17.0. The van der Waals surface area contributed by atoms with Gasteiger partial charge in [-0.3, -0.25) is 4.90 Å². The third kappa shape index (κ3) is 6.02. The summed E-state index contributed by atoms with van der Waals surface area (Å²) in [5.41, 5.74) is 1.13. The number of likely N-dealkylation sites (N-methyl/N-ethyl adjacent to an activating group) is 1. The fourth-order valence-electron chi connectivity index (χ4n) is 3.63. The molecule has 0 spiro atoms. The van der Waals surface area contributed by atoms with E-state index >= 15 is 0 Å². The Kier molecular flexibility index (Phi) is 7.79. The summed E-state index contributed by atoms with van der Waals surface area (Å²) in [5, 5.41) is 6.98. The van der Waals surface area contributed by atoms with Gasteiger partial charge in [0.1, 0.15) is 11.5 Å². The largest absolute Gasteiger partial charge is 0.497 e. The van der Waals surface area contributed by atoms with Crippen LogP contribution in [0.1, 0.15) is 31.1 Å². The monoisotopic (exact) mass is 384 g/mol. The van der Waals surface area contributed by atoms with Gasteiger partial charge < -0.3 is 19.8 Å². The Hall–Kier alpha value is -2.47. The van der Waals surface area contributed by atoms with Crippen LogP contribution >= 0.6 is 0 Å². The summed E-state index contributed by atoms with van der Waals surface area (Å²) < 4.78 is 10.7. The topological polar surface area (TPSA) is 62.0 Å². The van der Waals surface area contributed by atoms with E-state index in [1.165, 1.54) is 19.4 Å². The molecule has 2 heterocycles. The lowest BCUT2D eigenvalue weighted by Crippen LogP contribution is -2.45. The van der Waals surface area contributed by atoms with Crippen LogP contribution in [0.15, 0.2) is 52.1 Å². The normalized spacial score (nSPS) is 17.6. The zero-order valence-corrected chi connectivity index (χ0v) is 17.0. The number of benzene rings is 1. The van der Waals surface area contributed by atoms with Gasteiger partial charge in [0, 0.05) is 25.6 Å². The molecule has 1 atom stereocenters. The first kappa shape index (κ1) is 20.3. The number of guanidine groups is 1. The van der Waals surface area contributed by atoms with Gasteiger partial charge in [0.25, 0.3) is 0 Å². The molecule has 1 aromatic heterocycles. The van der Waals surface area contributed by atoms with E-state index in [9.17, 15) is 0 Å². The van der Waals surface area contributed by atoms with Gasteiger partial charge in [-0.15, -0.1) is 0 Å². The number of nitrogens with zero attached hydrogens (tertiary/aromatic N) is 2. The first-order valence-electron chi connectivity index (χ1n) is 10.2. The van der Waals surface area contributed by atoms with Crippen molar-refractivity contribution in [1.82, 2.24) is 15.5 Å². The molecule has 1 aromatic carbocycles. The van der Waals surface area contributed by atoms with Gasteiger partial charge in [-0.05, 0) is 55.8 Å². The van der Waals surface area contributed by atoms with Crippen LogP contribution in [0, 0.1) is 0 Å². The van der Waals surface area contributed by atoms with Crippen molar-refractivity contribution < 1.29 is 9.15 Å². The number of hydrogen-bond donors (Lipinski definition) is 2. The van der Waals surface area contributed by atoms with Crippen molar-refractivity contribution in [1.29, 1.82) is 0 Å². The highest BCUT2D eigenvalue weighted by Gasteiger charge is 2.22. The van der Waals surface area contributed by atoms with Crippen LogP contribution in [0.4, 0.5) is 0 Å². The molecule has 0 bridgehead atoms. The highest BCUT2D eigenvalue weighted by atomic mass is 16.5. The second kappa shape index (κ2) is 10.8. The maximum Gasteiger partial charge on any atom is 0.191 e. The molecule has 0 saturated carbocycles. The summed E-state index contributed by atoms with van der Waals surface area (Å²) in [5.74, 6) is 2.68. The molecular formula is C22H32N4O2. The number of furan rings is 1. The quantitative estimate of drug-likeness (QED) is 0.514. The van der Waals surface area contributed by atoms with Gasteiger partial charge in [0.2, 0.25) is 0 Å². The summed E-state index contributed by atoms with van der Waals surface area (Å²) in [7, 11) is 1.69. The summed E-state index contributed by atoms with van der Waals surface area (Å²) in [4.78, 5) is 7.33. The predicted octanol–water partition coefficient (Wildman–Crippen LogP) is 3.05. The molecule has 1 fully saturated rings. The first-order chi connectivity index (χ1) is 13.8. The Morgan fingerprint density at radius 3 is 3.00 bits per heavy atom. The third-order valence-electron chi connectivity index (χ3n) is 5.21. The Labute approximate surface area is 168 Å². The molecule has 6 heteroatoms. The molecule has 1 aliphatic heterocycles. The Bertz CT molecular complexity index is 730. The maximum absolute atomic E-state index is 5.42. The smallest absolute Gasteiger partial charge is 0.191 e. The van der Waals surface area contributed by atoms with Crippen LogP contribution in [0.5, 0.6) is 5.75 Å². The van der Waals surface area contributed by atoms with Gasteiger partial charge in [-0.25, -0.2) is 4.99 Å². The average molecular weight is 385 g/mol. The minimum Gasteiger partial charge on any atom is -0.497 e. The van der Waals surface area contributed by atoms with Crippen LogP contribution < -0.4 is 15.4 Å². The van der Waals surface area contributed by atoms with Gasteiger partial charge in [-0.2, -0.15) is 0 Å². The lowest BCUT2D eigenvalue weighted by Gasteiger charge is -2.24. The molecule has 1 aliphatic rings. The Morgan fingerprint density at radius 2 is 2.21 bits per heavy atom. The van der Waals surface area contributed by atoms with Crippen LogP contribution in [0.25, 0.3) is 0 Å². The summed E-state index contributed by atoms with van der Waals surface area (Å²) in [6.45, 7) is 6.84. The van der Waals surface area contributed by atoms with E-state index in [2.05, 4.69) is 28.5 Å². The van der Waals surface area contributed by atoms with Gasteiger partial charge in [0.15, 0.2) is 5.96 Å². The number of methoxy groups -OCH3 is 1. The highest BCUT2D eigenvalue weighted by molar-refractivity contribution is 5.79. The maximum atomic E-state index is 5.42. The molecule has 0 radical (unpaired) electrons. The lowest BCUT2D eigenvalue weighted by atomic mass is 10.2. The van der Waals surface area contributed by atoms with E-state index in [1.807, 2.05) is 30.3 Å². The number of hydrogen-bond acceptors (Lipinski definition) is 4. The minimum absolute atomic E-state index is 0.582. The van der Waals surface area contributed by atoms with Crippen molar-refractivity contribution in [2.45, 2.75) is 38.8 Å². The van der Waals surface area contributed by atoms with E-state index in [1.54, 1.807) is 13.4 Å². The van der Waals surface area contributed by atoms with E-state index in [4.69, 9.17) is 14.1 Å². The van der Waals surface area contributed by atoms with E-state index in [0.29, 0.717) is 12.6 Å². The molecule has 2 N–H and O–H groups in total. The van der Waals surface area contributed by atoms with Gasteiger partial charge >= 0.3 is 0 Å². The SMILES string of the molecule is CCN1CCCC1CNC(=NCc1cccc(OC)c1)NCCc1ccco1. The molecule has 2 aromatic rings. The standard InChI is InChI=1S/C22H32N4O2/c1-3-26-13-5-8-19(26)17-25-22(23-12-11-20-10-6-14-28-20)24-16-18-7-4-9-21(15-18)27-2/h4,6-7,9-10,14-15,19H,3,5,8,11-13,16-17H2,1-2H3,(H2,23,24,25). The number of likely N-dealkylation sites (tertiary alicyclic amines) is 1. The Balaban J connectivity index is 1.58. The molecule has 1 unspecified atom stereocenters. The van der Waals surface area contributed by atoms with Crippen molar-refractivity contribution in [3.8, 4) is 5.75 Å². The molecule has 3 rings (SSSR count). The number of nitrogens with one attached hydrogen (secondary N) is 2. The second-order valence-electron chi connectivity index (χ2n) is 7.08.